The quantitative estimate of drug-likeness (QED) is 0.182. The first-order valence-corrected chi connectivity index (χ1v) is 16.4. The highest BCUT2D eigenvalue weighted by Gasteiger charge is 2.24. The van der Waals surface area contributed by atoms with Crippen molar-refractivity contribution in [1.29, 1.82) is 0 Å². The number of nitrogens with zero attached hydrogens (tertiary/aromatic N) is 3. The number of imidazole rings is 1. The van der Waals surface area contributed by atoms with Crippen LogP contribution in [0.2, 0.25) is 0 Å². The fraction of sp³-hybridized carbons (Fsp3) is 0. The molecule has 10 rings (SSSR count). The normalized spacial score (nSPS) is 11.8. The smallest absolute Gasteiger partial charge is 0.145 e. The van der Waals surface area contributed by atoms with Crippen molar-refractivity contribution in [3.8, 4) is 39.5 Å². The lowest BCUT2D eigenvalue weighted by Crippen LogP contribution is -1.96. The van der Waals surface area contributed by atoms with Gasteiger partial charge in [-0.15, -0.1) is 0 Å². The van der Waals surface area contributed by atoms with Crippen LogP contribution in [0, 0.1) is 0 Å². The Bertz CT molecular complexity index is 2790. The molecule has 3 heterocycles. The minimum absolute atomic E-state index is 0.934. The van der Waals surface area contributed by atoms with Gasteiger partial charge >= 0.3 is 0 Å². The Kier molecular flexibility index (Phi) is 5.87. The molecule has 0 saturated heterocycles. The van der Waals surface area contributed by atoms with Crippen LogP contribution in [0.4, 0.5) is 0 Å². The van der Waals surface area contributed by atoms with Crippen LogP contribution in [0.1, 0.15) is 0 Å². The number of benzene rings is 7. The first kappa shape index (κ1) is 26.7. The van der Waals surface area contributed by atoms with E-state index in [0.29, 0.717) is 0 Å². The molecule has 0 aliphatic rings. The monoisotopic (exact) mass is 611 g/mol. The molecule has 3 nitrogen and oxygen atoms in total. The number of pyridine rings is 1. The highest BCUT2D eigenvalue weighted by atomic mass is 15.0. The van der Waals surface area contributed by atoms with E-state index in [9.17, 15) is 0 Å². The van der Waals surface area contributed by atoms with E-state index >= 15 is 0 Å². The van der Waals surface area contributed by atoms with Crippen LogP contribution >= 0.6 is 0 Å². The summed E-state index contributed by atoms with van der Waals surface area (Å²) in [5.41, 5.74) is 11.3. The van der Waals surface area contributed by atoms with Crippen molar-refractivity contribution in [1.82, 2.24) is 14.0 Å². The van der Waals surface area contributed by atoms with E-state index in [-0.39, 0.29) is 0 Å². The minimum atomic E-state index is 0.934. The summed E-state index contributed by atoms with van der Waals surface area (Å²) in [5.74, 6) is 0.934. The van der Waals surface area contributed by atoms with Crippen molar-refractivity contribution in [2.24, 2.45) is 0 Å². The maximum Gasteiger partial charge on any atom is 0.145 e. The molecular formula is C45H29N3. The molecule has 0 radical (unpaired) electrons. The number of aromatic nitrogens is 3. The molecule has 0 aliphatic carbocycles. The standard InChI is InChI=1S/C45H29N3/c1-4-14-30(15-5-1)31-24-26-33(27-25-31)45-46-42(32-16-6-2-7-17-32)44-36-21-11-10-20-35(36)37-28-29-40-41(43(37)48(44)45)38-22-12-13-23-39(38)47(40)34-18-8-3-9-19-34/h1-29H. The molecule has 0 unspecified atom stereocenters. The van der Waals surface area contributed by atoms with Gasteiger partial charge in [0.2, 0.25) is 0 Å². The van der Waals surface area contributed by atoms with Crippen LogP contribution < -0.4 is 0 Å². The van der Waals surface area contributed by atoms with Gasteiger partial charge in [0.1, 0.15) is 5.82 Å². The summed E-state index contributed by atoms with van der Waals surface area (Å²) in [7, 11) is 0. The van der Waals surface area contributed by atoms with Crippen LogP contribution in [0.3, 0.4) is 0 Å². The van der Waals surface area contributed by atoms with Crippen LogP contribution in [-0.2, 0) is 0 Å². The van der Waals surface area contributed by atoms with Crippen molar-refractivity contribution < 1.29 is 0 Å². The second-order valence-electron chi connectivity index (χ2n) is 12.4. The third-order valence-corrected chi connectivity index (χ3v) is 9.70. The van der Waals surface area contributed by atoms with Gasteiger partial charge in [0.15, 0.2) is 0 Å². The third-order valence-electron chi connectivity index (χ3n) is 9.70. The molecular weight excluding hydrogens is 583 g/mol. The maximum absolute atomic E-state index is 5.54. The Morgan fingerprint density at radius 3 is 1.62 bits per heavy atom. The zero-order chi connectivity index (χ0) is 31.6. The number of hydrogen-bond acceptors (Lipinski definition) is 1. The van der Waals surface area contributed by atoms with Crippen molar-refractivity contribution in [3.63, 3.8) is 0 Å². The number of rotatable bonds is 4. The topological polar surface area (TPSA) is 22.2 Å². The molecule has 3 aromatic heterocycles. The maximum atomic E-state index is 5.54. The third kappa shape index (κ3) is 3.91. The Morgan fingerprint density at radius 2 is 0.896 bits per heavy atom. The Morgan fingerprint density at radius 1 is 0.354 bits per heavy atom. The zero-order valence-corrected chi connectivity index (χ0v) is 26.1. The molecule has 0 atom stereocenters. The first-order chi connectivity index (χ1) is 23.8. The van der Waals surface area contributed by atoms with Gasteiger partial charge < -0.3 is 4.57 Å². The molecule has 0 saturated carbocycles. The summed E-state index contributed by atoms with van der Waals surface area (Å²) in [4.78, 5) is 5.54. The minimum Gasteiger partial charge on any atom is -0.309 e. The molecule has 3 heteroatoms. The lowest BCUT2D eigenvalue weighted by molar-refractivity contribution is 1.18. The molecule has 0 aliphatic heterocycles. The van der Waals surface area contributed by atoms with E-state index in [4.69, 9.17) is 4.98 Å². The van der Waals surface area contributed by atoms with Gasteiger partial charge in [-0.1, -0.05) is 152 Å². The van der Waals surface area contributed by atoms with Crippen LogP contribution in [0.5, 0.6) is 0 Å². The van der Waals surface area contributed by atoms with Crippen LogP contribution in [-0.4, -0.2) is 14.0 Å². The largest absolute Gasteiger partial charge is 0.309 e. The first-order valence-electron chi connectivity index (χ1n) is 16.4. The predicted octanol–water partition coefficient (Wildman–Crippen LogP) is 11.7. The van der Waals surface area contributed by atoms with Crippen molar-refractivity contribution in [3.05, 3.63) is 176 Å². The van der Waals surface area contributed by atoms with Gasteiger partial charge in [-0.25, -0.2) is 4.98 Å². The Labute approximate surface area is 277 Å². The van der Waals surface area contributed by atoms with E-state index in [1.807, 2.05) is 0 Å². The fourth-order valence-electron chi connectivity index (χ4n) is 7.59. The van der Waals surface area contributed by atoms with E-state index in [2.05, 4.69) is 185 Å². The average molecular weight is 612 g/mol. The van der Waals surface area contributed by atoms with Gasteiger partial charge in [0.25, 0.3) is 0 Å². The summed E-state index contributed by atoms with van der Waals surface area (Å²) in [6.45, 7) is 0. The molecule has 224 valence electrons. The molecule has 0 amide bonds. The van der Waals surface area contributed by atoms with E-state index in [0.717, 1.165) is 33.8 Å². The van der Waals surface area contributed by atoms with Crippen molar-refractivity contribution in [2.45, 2.75) is 0 Å². The van der Waals surface area contributed by atoms with Gasteiger partial charge in [-0.05, 0) is 40.8 Å². The zero-order valence-electron chi connectivity index (χ0n) is 26.1. The van der Waals surface area contributed by atoms with Gasteiger partial charge in [-0.3, -0.25) is 4.40 Å². The highest BCUT2D eigenvalue weighted by Crippen LogP contribution is 2.44. The fourth-order valence-corrected chi connectivity index (χ4v) is 7.59. The van der Waals surface area contributed by atoms with E-state index in [1.54, 1.807) is 0 Å². The molecule has 7 aromatic carbocycles. The number of hydrogen-bond donors (Lipinski definition) is 0. The van der Waals surface area contributed by atoms with Crippen LogP contribution in [0.15, 0.2) is 176 Å². The second kappa shape index (κ2) is 10.5. The molecule has 0 N–H and O–H groups in total. The van der Waals surface area contributed by atoms with E-state index < -0.39 is 0 Å². The predicted molar refractivity (Wildman–Crippen MR) is 201 cm³/mol. The van der Waals surface area contributed by atoms with Crippen molar-refractivity contribution in [2.75, 3.05) is 0 Å². The Hall–Kier alpha value is -6.45. The summed E-state index contributed by atoms with van der Waals surface area (Å²) in [6.07, 6.45) is 0. The Balaban J connectivity index is 1.41. The van der Waals surface area contributed by atoms with Crippen LogP contribution in [0.25, 0.3) is 88.5 Å². The summed E-state index contributed by atoms with van der Waals surface area (Å²) < 4.78 is 4.84. The number of fused-ring (bicyclic) bond motifs is 10. The molecule has 0 fully saturated rings. The van der Waals surface area contributed by atoms with Gasteiger partial charge in [0.05, 0.1) is 27.8 Å². The average Bonchev–Trinajstić information content (AvgIpc) is 3.73. The molecule has 10 aromatic rings. The summed E-state index contributed by atoms with van der Waals surface area (Å²) in [6, 6.07) is 62.9. The molecule has 0 bridgehead atoms. The lowest BCUT2D eigenvalue weighted by atomic mass is 9.99. The molecule has 48 heavy (non-hydrogen) atoms. The van der Waals surface area contributed by atoms with Gasteiger partial charge in [0, 0.05) is 38.4 Å². The van der Waals surface area contributed by atoms with Gasteiger partial charge in [-0.2, -0.15) is 0 Å². The molecule has 0 spiro atoms. The number of para-hydroxylation sites is 2. The summed E-state index contributed by atoms with van der Waals surface area (Å²) in [5, 5.41) is 6.07. The highest BCUT2D eigenvalue weighted by molar-refractivity contribution is 6.27. The SMILES string of the molecule is c1ccc(-c2ccc(-c3nc(-c4ccccc4)c4c5ccccc5c5ccc6c(c7ccccc7n6-c6ccccc6)c5n34)cc2)cc1. The lowest BCUT2D eigenvalue weighted by Gasteiger charge is -2.14. The van der Waals surface area contributed by atoms with E-state index in [1.165, 1.54) is 54.6 Å². The summed E-state index contributed by atoms with van der Waals surface area (Å²) >= 11 is 0. The van der Waals surface area contributed by atoms with Crippen molar-refractivity contribution >= 4 is 49.0 Å². The second-order valence-corrected chi connectivity index (χ2v) is 12.4.